The van der Waals surface area contributed by atoms with Crippen molar-refractivity contribution >= 4 is 11.9 Å². The van der Waals surface area contributed by atoms with Gasteiger partial charge in [0.1, 0.15) is 0 Å². The zero-order chi connectivity index (χ0) is 15.0. The van der Waals surface area contributed by atoms with Crippen LogP contribution in [0.15, 0.2) is 24.3 Å². The van der Waals surface area contributed by atoms with Gasteiger partial charge in [0.15, 0.2) is 0 Å². The standard InChI is InChI=1S/C13H12F3NO3/c14-13(15,16)9-3-1-8(2-4-9)10(18)17-7-12(5-6-12)11(19)20/h1-4H,5-7H2,(H,17,18)(H,19,20). The van der Waals surface area contributed by atoms with Crippen molar-refractivity contribution in [2.45, 2.75) is 19.0 Å². The molecule has 0 aromatic heterocycles. The molecule has 0 saturated heterocycles. The summed E-state index contributed by atoms with van der Waals surface area (Å²) in [5.74, 6) is -1.54. The van der Waals surface area contributed by atoms with E-state index in [9.17, 15) is 22.8 Å². The molecule has 2 rings (SSSR count). The van der Waals surface area contributed by atoms with Crippen molar-refractivity contribution in [2.24, 2.45) is 5.41 Å². The molecule has 0 aliphatic heterocycles. The van der Waals surface area contributed by atoms with E-state index in [1.54, 1.807) is 0 Å². The average molecular weight is 287 g/mol. The van der Waals surface area contributed by atoms with Crippen LogP contribution in [-0.4, -0.2) is 23.5 Å². The molecule has 1 aromatic rings. The van der Waals surface area contributed by atoms with Crippen molar-refractivity contribution in [3.63, 3.8) is 0 Å². The zero-order valence-electron chi connectivity index (χ0n) is 10.3. The number of benzene rings is 1. The Labute approximate surface area is 112 Å². The molecule has 1 aliphatic carbocycles. The molecule has 0 heterocycles. The summed E-state index contributed by atoms with van der Waals surface area (Å²) in [6.45, 7) is -0.0117. The van der Waals surface area contributed by atoms with E-state index in [0.29, 0.717) is 12.8 Å². The van der Waals surface area contributed by atoms with Gasteiger partial charge >= 0.3 is 12.1 Å². The van der Waals surface area contributed by atoms with Crippen LogP contribution in [0, 0.1) is 5.41 Å². The topological polar surface area (TPSA) is 66.4 Å². The fourth-order valence-electron chi connectivity index (χ4n) is 1.78. The lowest BCUT2D eigenvalue weighted by atomic mass is 10.1. The highest BCUT2D eigenvalue weighted by Crippen LogP contribution is 2.45. The minimum absolute atomic E-state index is 0.0117. The Balaban J connectivity index is 1.98. The van der Waals surface area contributed by atoms with Crippen LogP contribution in [0.3, 0.4) is 0 Å². The number of carboxylic acids is 1. The molecular weight excluding hydrogens is 275 g/mol. The first-order chi connectivity index (χ1) is 9.24. The molecule has 1 aromatic carbocycles. The van der Waals surface area contributed by atoms with Crippen LogP contribution in [0.1, 0.15) is 28.8 Å². The predicted molar refractivity (Wildman–Crippen MR) is 63.1 cm³/mol. The van der Waals surface area contributed by atoms with Crippen LogP contribution < -0.4 is 5.32 Å². The van der Waals surface area contributed by atoms with Crippen molar-refractivity contribution in [3.05, 3.63) is 35.4 Å². The maximum Gasteiger partial charge on any atom is 0.416 e. The van der Waals surface area contributed by atoms with Crippen LogP contribution in [0.4, 0.5) is 13.2 Å². The Bertz CT molecular complexity index is 533. The SMILES string of the molecule is O=C(NCC1(C(=O)O)CC1)c1ccc(C(F)(F)F)cc1. The van der Waals surface area contributed by atoms with E-state index in [1.165, 1.54) is 0 Å². The number of nitrogens with one attached hydrogen (secondary N) is 1. The third-order valence-corrected chi connectivity index (χ3v) is 3.37. The van der Waals surface area contributed by atoms with E-state index in [2.05, 4.69) is 5.32 Å². The molecule has 4 nitrogen and oxygen atoms in total. The average Bonchev–Trinajstić information content (AvgIpc) is 3.16. The van der Waals surface area contributed by atoms with E-state index < -0.39 is 29.0 Å². The molecule has 0 unspecified atom stereocenters. The maximum absolute atomic E-state index is 12.4. The summed E-state index contributed by atoms with van der Waals surface area (Å²) >= 11 is 0. The molecule has 7 heteroatoms. The molecule has 0 spiro atoms. The lowest BCUT2D eigenvalue weighted by Crippen LogP contribution is -2.34. The van der Waals surface area contributed by atoms with Crippen molar-refractivity contribution in [2.75, 3.05) is 6.54 Å². The lowest BCUT2D eigenvalue weighted by Gasteiger charge is -2.11. The number of aliphatic carboxylic acids is 1. The van der Waals surface area contributed by atoms with Crippen LogP contribution in [0.25, 0.3) is 0 Å². The van der Waals surface area contributed by atoms with Gasteiger partial charge in [0, 0.05) is 12.1 Å². The van der Waals surface area contributed by atoms with E-state index in [1.807, 2.05) is 0 Å². The van der Waals surface area contributed by atoms with Crippen LogP contribution in [-0.2, 0) is 11.0 Å². The van der Waals surface area contributed by atoms with Gasteiger partial charge in [-0.3, -0.25) is 9.59 Å². The second-order valence-electron chi connectivity index (χ2n) is 4.84. The van der Waals surface area contributed by atoms with E-state index in [0.717, 1.165) is 24.3 Å². The molecule has 1 saturated carbocycles. The number of hydrogen-bond donors (Lipinski definition) is 2. The summed E-state index contributed by atoms with van der Waals surface area (Å²) in [6, 6.07) is 3.77. The molecule has 1 fully saturated rings. The van der Waals surface area contributed by atoms with Crippen molar-refractivity contribution in [1.82, 2.24) is 5.32 Å². The summed E-state index contributed by atoms with van der Waals surface area (Å²) in [6.07, 6.45) is -3.46. The second kappa shape index (κ2) is 4.81. The summed E-state index contributed by atoms with van der Waals surface area (Å²) in [4.78, 5) is 22.6. The van der Waals surface area contributed by atoms with Gasteiger partial charge in [0.05, 0.1) is 11.0 Å². The Morgan fingerprint density at radius 3 is 2.15 bits per heavy atom. The highest BCUT2D eigenvalue weighted by atomic mass is 19.4. The molecule has 108 valence electrons. The van der Waals surface area contributed by atoms with Crippen molar-refractivity contribution in [1.29, 1.82) is 0 Å². The fraction of sp³-hybridized carbons (Fsp3) is 0.385. The summed E-state index contributed by atoms with van der Waals surface area (Å²) in [7, 11) is 0. The molecule has 0 radical (unpaired) electrons. The van der Waals surface area contributed by atoms with E-state index in [-0.39, 0.29) is 12.1 Å². The van der Waals surface area contributed by atoms with Gasteiger partial charge in [-0.1, -0.05) is 0 Å². The van der Waals surface area contributed by atoms with Crippen molar-refractivity contribution < 1.29 is 27.9 Å². The number of alkyl halides is 3. The number of carbonyl (C=O) groups is 2. The van der Waals surface area contributed by atoms with Gasteiger partial charge in [-0.05, 0) is 37.1 Å². The first-order valence-electron chi connectivity index (χ1n) is 5.93. The molecule has 1 amide bonds. The Morgan fingerprint density at radius 1 is 1.20 bits per heavy atom. The fourth-order valence-corrected chi connectivity index (χ4v) is 1.78. The quantitative estimate of drug-likeness (QED) is 0.893. The highest BCUT2D eigenvalue weighted by molar-refractivity contribution is 5.94. The van der Waals surface area contributed by atoms with Gasteiger partial charge in [0.2, 0.25) is 0 Å². The second-order valence-corrected chi connectivity index (χ2v) is 4.84. The molecule has 1 aliphatic rings. The van der Waals surface area contributed by atoms with Gasteiger partial charge < -0.3 is 10.4 Å². The highest BCUT2D eigenvalue weighted by Gasteiger charge is 2.50. The molecule has 0 atom stereocenters. The first-order valence-corrected chi connectivity index (χ1v) is 5.93. The lowest BCUT2D eigenvalue weighted by molar-refractivity contribution is -0.143. The number of hydrogen-bond acceptors (Lipinski definition) is 2. The first kappa shape index (κ1) is 14.4. The van der Waals surface area contributed by atoms with Crippen LogP contribution in [0.5, 0.6) is 0 Å². The number of carbonyl (C=O) groups excluding carboxylic acids is 1. The third-order valence-electron chi connectivity index (χ3n) is 3.37. The summed E-state index contributed by atoms with van der Waals surface area (Å²) in [5, 5.41) is 11.4. The van der Waals surface area contributed by atoms with Gasteiger partial charge in [-0.15, -0.1) is 0 Å². The number of carboxylic acid groups (broad SMARTS) is 1. The third kappa shape index (κ3) is 2.92. The maximum atomic E-state index is 12.4. The summed E-state index contributed by atoms with van der Waals surface area (Å²) < 4.78 is 37.1. The van der Waals surface area contributed by atoms with Gasteiger partial charge in [-0.25, -0.2) is 0 Å². The summed E-state index contributed by atoms with van der Waals surface area (Å²) in [5.41, 5.74) is -1.67. The van der Waals surface area contributed by atoms with Crippen LogP contribution >= 0.6 is 0 Å². The molecule has 20 heavy (non-hydrogen) atoms. The smallest absolute Gasteiger partial charge is 0.416 e. The number of halogens is 3. The monoisotopic (exact) mass is 287 g/mol. The largest absolute Gasteiger partial charge is 0.481 e. The number of amides is 1. The number of rotatable bonds is 4. The van der Waals surface area contributed by atoms with Crippen molar-refractivity contribution in [3.8, 4) is 0 Å². The Kier molecular flexibility index (Phi) is 3.45. The van der Waals surface area contributed by atoms with Gasteiger partial charge in [-0.2, -0.15) is 13.2 Å². The normalized spacial score (nSPS) is 16.6. The minimum Gasteiger partial charge on any atom is -0.481 e. The Morgan fingerprint density at radius 2 is 1.75 bits per heavy atom. The molecule has 2 N–H and O–H groups in total. The molecular formula is C13H12F3NO3. The Hall–Kier alpha value is -2.05. The van der Waals surface area contributed by atoms with E-state index >= 15 is 0 Å². The van der Waals surface area contributed by atoms with Gasteiger partial charge in [0.25, 0.3) is 5.91 Å². The predicted octanol–water partition coefficient (Wildman–Crippen LogP) is 2.30. The zero-order valence-corrected chi connectivity index (χ0v) is 10.3. The van der Waals surface area contributed by atoms with E-state index in [4.69, 9.17) is 5.11 Å². The minimum atomic E-state index is -4.45. The van der Waals surface area contributed by atoms with Crippen LogP contribution in [0.2, 0.25) is 0 Å². The molecule has 0 bridgehead atoms.